The van der Waals surface area contributed by atoms with E-state index in [0.717, 1.165) is 33.5 Å². The van der Waals surface area contributed by atoms with Crippen molar-refractivity contribution < 1.29 is 4.74 Å². The number of nitrogens with one attached hydrogen (secondary N) is 1. The molecule has 0 amide bonds. The molecule has 0 aliphatic heterocycles. The first-order valence-electron chi connectivity index (χ1n) is 5.14. The number of aryl methyl sites for hydroxylation is 2. The molecule has 86 valence electrons. The van der Waals surface area contributed by atoms with E-state index in [1.807, 2.05) is 19.9 Å². The van der Waals surface area contributed by atoms with Crippen molar-refractivity contribution >= 4 is 22.5 Å². The van der Waals surface area contributed by atoms with Gasteiger partial charge in [0.1, 0.15) is 5.75 Å². The van der Waals surface area contributed by atoms with Crippen LogP contribution < -0.4 is 10.5 Å². The summed E-state index contributed by atoms with van der Waals surface area (Å²) in [6.07, 6.45) is 0. The fourth-order valence-electron chi connectivity index (χ4n) is 2.09. The van der Waals surface area contributed by atoms with Crippen molar-refractivity contribution in [1.29, 1.82) is 0 Å². The molecule has 0 aliphatic rings. The molecular formula is C12H15ClN2O. The molecule has 0 aliphatic carbocycles. The van der Waals surface area contributed by atoms with Crippen LogP contribution in [0.4, 0.5) is 0 Å². The van der Waals surface area contributed by atoms with Crippen molar-refractivity contribution in [2.24, 2.45) is 5.73 Å². The maximum absolute atomic E-state index is 6.18. The van der Waals surface area contributed by atoms with Crippen LogP contribution in [0, 0.1) is 13.8 Å². The highest BCUT2D eigenvalue weighted by atomic mass is 35.5. The van der Waals surface area contributed by atoms with Crippen molar-refractivity contribution in [3.63, 3.8) is 0 Å². The number of methoxy groups -OCH3 is 1. The lowest BCUT2D eigenvalue weighted by Crippen LogP contribution is -1.98. The minimum Gasteiger partial charge on any atom is -0.495 e. The fourth-order valence-corrected chi connectivity index (χ4v) is 2.29. The summed E-state index contributed by atoms with van der Waals surface area (Å²) < 4.78 is 5.32. The lowest BCUT2D eigenvalue weighted by atomic mass is 10.1. The number of rotatable bonds is 2. The molecule has 0 fully saturated rings. The van der Waals surface area contributed by atoms with Gasteiger partial charge in [-0.25, -0.2) is 0 Å². The second kappa shape index (κ2) is 4.00. The van der Waals surface area contributed by atoms with Crippen LogP contribution in [0.2, 0.25) is 5.02 Å². The molecule has 0 radical (unpaired) electrons. The van der Waals surface area contributed by atoms with E-state index in [4.69, 9.17) is 22.1 Å². The molecular weight excluding hydrogens is 224 g/mol. The molecule has 0 atom stereocenters. The minimum absolute atomic E-state index is 0.496. The molecule has 3 nitrogen and oxygen atoms in total. The first-order valence-corrected chi connectivity index (χ1v) is 5.52. The van der Waals surface area contributed by atoms with Crippen LogP contribution in [0.15, 0.2) is 6.07 Å². The topological polar surface area (TPSA) is 51.0 Å². The van der Waals surface area contributed by atoms with Crippen molar-refractivity contribution in [2.75, 3.05) is 7.11 Å². The van der Waals surface area contributed by atoms with Crippen LogP contribution >= 0.6 is 11.6 Å². The number of H-pyrrole nitrogens is 1. The van der Waals surface area contributed by atoms with Crippen molar-refractivity contribution in [3.8, 4) is 5.75 Å². The molecule has 0 saturated carbocycles. The Labute approximate surface area is 99.5 Å². The van der Waals surface area contributed by atoms with Crippen LogP contribution in [-0.4, -0.2) is 12.1 Å². The monoisotopic (exact) mass is 238 g/mol. The zero-order valence-corrected chi connectivity index (χ0v) is 10.4. The van der Waals surface area contributed by atoms with Crippen molar-refractivity contribution in [1.82, 2.24) is 4.98 Å². The summed E-state index contributed by atoms with van der Waals surface area (Å²) in [6, 6.07) is 1.83. The van der Waals surface area contributed by atoms with Gasteiger partial charge in [0.25, 0.3) is 0 Å². The summed E-state index contributed by atoms with van der Waals surface area (Å²) >= 11 is 6.18. The molecule has 0 spiro atoms. The van der Waals surface area contributed by atoms with E-state index in [9.17, 15) is 0 Å². The molecule has 1 heterocycles. The number of hydrogen-bond acceptors (Lipinski definition) is 2. The summed E-state index contributed by atoms with van der Waals surface area (Å²) in [7, 11) is 1.64. The molecule has 2 rings (SSSR count). The quantitative estimate of drug-likeness (QED) is 0.845. The van der Waals surface area contributed by atoms with E-state index in [1.54, 1.807) is 7.11 Å². The number of ether oxygens (including phenoxy) is 1. The Kier molecular flexibility index (Phi) is 2.82. The highest BCUT2D eigenvalue weighted by Crippen LogP contribution is 2.36. The zero-order chi connectivity index (χ0) is 11.9. The SMILES string of the molecule is COc1cc(Cl)c(C)c2c(CN)c(C)[nH]c12. The highest BCUT2D eigenvalue weighted by Gasteiger charge is 2.15. The largest absolute Gasteiger partial charge is 0.495 e. The summed E-state index contributed by atoms with van der Waals surface area (Å²) in [5, 5.41) is 1.79. The summed E-state index contributed by atoms with van der Waals surface area (Å²) in [5.74, 6) is 0.758. The molecule has 16 heavy (non-hydrogen) atoms. The predicted octanol–water partition coefficient (Wildman–Crippen LogP) is 2.91. The molecule has 0 bridgehead atoms. The van der Waals surface area contributed by atoms with Gasteiger partial charge >= 0.3 is 0 Å². The molecule has 4 heteroatoms. The molecule has 0 unspecified atom stereocenters. The van der Waals surface area contributed by atoms with Gasteiger partial charge in [-0.3, -0.25) is 0 Å². The normalized spacial score (nSPS) is 11.1. The van der Waals surface area contributed by atoms with Crippen LogP contribution in [0.25, 0.3) is 10.9 Å². The van der Waals surface area contributed by atoms with E-state index in [2.05, 4.69) is 4.98 Å². The Morgan fingerprint density at radius 2 is 2.12 bits per heavy atom. The van der Waals surface area contributed by atoms with Gasteiger partial charge in [0.05, 0.1) is 12.6 Å². The van der Waals surface area contributed by atoms with Gasteiger partial charge in [0.15, 0.2) is 0 Å². The average Bonchev–Trinajstić information content (AvgIpc) is 2.60. The Morgan fingerprint density at radius 1 is 1.44 bits per heavy atom. The number of aromatic amines is 1. The molecule has 3 N–H and O–H groups in total. The molecule has 2 aromatic rings. The standard InChI is InChI=1S/C12H15ClN2O/c1-6-9(13)4-10(16-3)12-11(6)8(5-14)7(2)15-12/h4,15H,5,14H2,1-3H3. The lowest BCUT2D eigenvalue weighted by molar-refractivity contribution is 0.419. The number of aromatic nitrogens is 1. The summed E-state index contributed by atoms with van der Waals surface area (Å²) in [6.45, 7) is 4.50. The van der Waals surface area contributed by atoms with Gasteiger partial charge in [0.2, 0.25) is 0 Å². The lowest BCUT2D eigenvalue weighted by Gasteiger charge is -2.07. The minimum atomic E-state index is 0.496. The van der Waals surface area contributed by atoms with E-state index in [-0.39, 0.29) is 0 Å². The molecule has 1 aromatic carbocycles. The number of benzene rings is 1. The van der Waals surface area contributed by atoms with Gasteiger partial charge in [0, 0.05) is 28.7 Å². The third kappa shape index (κ3) is 1.47. The second-order valence-electron chi connectivity index (χ2n) is 3.87. The first-order chi connectivity index (χ1) is 7.60. The summed E-state index contributed by atoms with van der Waals surface area (Å²) in [5.41, 5.74) is 9.96. The van der Waals surface area contributed by atoms with Crippen molar-refractivity contribution in [2.45, 2.75) is 20.4 Å². The Morgan fingerprint density at radius 3 is 2.69 bits per heavy atom. The third-order valence-electron chi connectivity index (χ3n) is 2.98. The van der Waals surface area contributed by atoms with Crippen molar-refractivity contribution in [3.05, 3.63) is 27.9 Å². The van der Waals surface area contributed by atoms with Gasteiger partial charge < -0.3 is 15.5 Å². The van der Waals surface area contributed by atoms with Crippen LogP contribution in [0.5, 0.6) is 5.75 Å². The average molecular weight is 239 g/mol. The molecule has 0 saturated heterocycles. The van der Waals surface area contributed by atoms with Gasteiger partial charge in [-0.2, -0.15) is 0 Å². The maximum Gasteiger partial charge on any atom is 0.144 e. The highest BCUT2D eigenvalue weighted by molar-refractivity contribution is 6.32. The second-order valence-corrected chi connectivity index (χ2v) is 4.28. The van der Waals surface area contributed by atoms with Crippen LogP contribution in [-0.2, 0) is 6.54 Å². The Balaban J connectivity index is 2.93. The Bertz CT molecular complexity index is 546. The van der Waals surface area contributed by atoms with E-state index < -0.39 is 0 Å². The van der Waals surface area contributed by atoms with Gasteiger partial charge in [-0.1, -0.05) is 11.6 Å². The predicted molar refractivity (Wildman–Crippen MR) is 67.2 cm³/mol. The molecule has 1 aromatic heterocycles. The van der Waals surface area contributed by atoms with Gasteiger partial charge in [-0.05, 0) is 25.0 Å². The summed E-state index contributed by atoms with van der Waals surface area (Å²) in [4.78, 5) is 3.30. The van der Waals surface area contributed by atoms with Gasteiger partial charge in [-0.15, -0.1) is 0 Å². The van der Waals surface area contributed by atoms with E-state index in [0.29, 0.717) is 11.6 Å². The third-order valence-corrected chi connectivity index (χ3v) is 3.37. The van der Waals surface area contributed by atoms with E-state index >= 15 is 0 Å². The van der Waals surface area contributed by atoms with Crippen LogP contribution in [0.3, 0.4) is 0 Å². The smallest absolute Gasteiger partial charge is 0.144 e. The number of nitrogens with two attached hydrogens (primary N) is 1. The zero-order valence-electron chi connectivity index (χ0n) is 9.65. The van der Waals surface area contributed by atoms with Crippen LogP contribution in [0.1, 0.15) is 16.8 Å². The number of halogens is 1. The fraction of sp³-hybridized carbons (Fsp3) is 0.333. The number of hydrogen-bond donors (Lipinski definition) is 2. The first kappa shape index (κ1) is 11.3. The van der Waals surface area contributed by atoms with E-state index in [1.165, 1.54) is 0 Å². The number of fused-ring (bicyclic) bond motifs is 1. The Hall–Kier alpha value is -1.19. The maximum atomic E-state index is 6.18.